The van der Waals surface area contributed by atoms with Gasteiger partial charge in [0.05, 0.1) is 18.3 Å². The predicted octanol–water partition coefficient (Wildman–Crippen LogP) is 3.54. The molecular weight excluding hydrogens is 200 g/mol. The lowest BCUT2D eigenvalue weighted by molar-refractivity contribution is -0.130. The van der Waals surface area contributed by atoms with Crippen molar-refractivity contribution in [2.45, 2.75) is 77.6 Å². The van der Waals surface area contributed by atoms with E-state index in [-0.39, 0.29) is 0 Å². The lowest BCUT2D eigenvalue weighted by Gasteiger charge is -2.51. The molecule has 0 unspecified atom stereocenters. The molecule has 2 heteroatoms. The minimum absolute atomic E-state index is 0.391. The first-order valence-corrected chi connectivity index (χ1v) is 6.90. The van der Waals surface area contributed by atoms with Crippen LogP contribution in [0.2, 0.25) is 0 Å². The lowest BCUT2D eigenvalue weighted by atomic mass is 9.59. The van der Waals surface area contributed by atoms with Crippen molar-refractivity contribution in [2.75, 3.05) is 6.61 Å². The smallest absolute Gasteiger partial charge is 0.0589 e. The molecule has 0 aromatic rings. The highest BCUT2D eigenvalue weighted by Crippen LogP contribution is 2.53. The summed E-state index contributed by atoms with van der Waals surface area (Å²) in [5, 5.41) is 0. The van der Waals surface area contributed by atoms with Crippen molar-refractivity contribution >= 4 is 0 Å². The van der Waals surface area contributed by atoms with Gasteiger partial charge >= 0.3 is 0 Å². The third-order valence-electron chi connectivity index (χ3n) is 4.18. The average Bonchev–Trinajstić information content (AvgIpc) is 2.18. The van der Waals surface area contributed by atoms with E-state index in [4.69, 9.17) is 9.47 Å². The molecule has 2 nitrogen and oxygen atoms in total. The molecule has 0 aromatic heterocycles. The third kappa shape index (κ3) is 2.78. The molecule has 2 rings (SSSR count). The van der Waals surface area contributed by atoms with Crippen LogP contribution >= 0.6 is 0 Å². The Labute approximate surface area is 99.7 Å². The molecule has 0 aliphatic heterocycles. The lowest BCUT2D eigenvalue weighted by Crippen LogP contribution is -2.46. The summed E-state index contributed by atoms with van der Waals surface area (Å²) in [5.74, 6) is 0. The largest absolute Gasteiger partial charge is 0.379 e. The van der Waals surface area contributed by atoms with E-state index in [0.29, 0.717) is 23.7 Å². The fraction of sp³-hybridized carbons (Fsp3) is 1.00. The Kier molecular flexibility index (Phi) is 3.91. The van der Waals surface area contributed by atoms with Gasteiger partial charge in [0.1, 0.15) is 0 Å². The summed E-state index contributed by atoms with van der Waals surface area (Å²) in [6.45, 7) is 7.24. The molecule has 2 aliphatic carbocycles. The van der Waals surface area contributed by atoms with Gasteiger partial charge in [0.25, 0.3) is 0 Å². The molecule has 0 radical (unpaired) electrons. The Morgan fingerprint density at radius 1 is 1.12 bits per heavy atom. The topological polar surface area (TPSA) is 18.5 Å². The predicted molar refractivity (Wildman–Crippen MR) is 65.6 cm³/mol. The van der Waals surface area contributed by atoms with Crippen LogP contribution in [0.25, 0.3) is 0 Å². The van der Waals surface area contributed by atoms with Gasteiger partial charge in [-0.3, -0.25) is 0 Å². The van der Waals surface area contributed by atoms with Crippen molar-refractivity contribution in [1.82, 2.24) is 0 Å². The van der Waals surface area contributed by atoms with Crippen LogP contribution in [0.3, 0.4) is 0 Å². The van der Waals surface area contributed by atoms with Gasteiger partial charge in [-0.1, -0.05) is 0 Å². The van der Waals surface area contributed by atoms with Gasteiger partial charge in [-0.05, 0) is 64.7 Å². The Morgan fingerprint density at radius 2 is 1.75 bits per heavy atom. The van der Waals surface area contributed by atoms with Crippen molar-refractivity contribution in [1.29, 1.82) is 0 Å². The summed E-state index contributed by atoms with van der Waals surface area (Å²) >= 11 is 0. The summed E-state index contributed by atoms with van der Waals surface area (Å²) in [6, 6.07) is 0. The van der Waals surface area contributed by atoms with E-state index in [1.165, 1.54) is 38.5 Å². The van der Waals surface area contributed by atoms with E-state index in [0.717, 1.165) is 6.61 Å². The van der Waals surface area contributed by atoms with Crippen molar-refractivity contribution in [2.24, 2.45) is 5.41 Å². The zero-order valence-electron chi connectivity index (χ0n) is 11.0. The summed E-state index contributed by atoms with van der Waals surface area (Å²) in [6.07, 6.45) is 9.32. The molecule has 0 heterocycles. The van der Waals surface area contributed by atoms with Crippen LogP contribution in [-0.2, 0) is 9.47 Å². The second kappa shape index (κ2) is 5.05. The van der Waals surface area contributed by atoms with Gasteiger partial charge in [0.15, 0.2) is 0 Å². The Hall–Kier alpha value is -0.0800. The molecule has 0 N–H and O–H groups in total. The minimum Gasteiger partial charge on any atom is -0.379 e. The number of ether oxygens (including phenoxy) is 2. The van der Waals surface area contributed by atoms with E-state index < -0.39 is 0 Å². The van der Waals surface area contributed by atoms with Gasteiger partial charge in [0, 0.05) is 6.61 Å². The number of hydrogen-bond acceptors (Lipinski definition) is 2. The van der Waals surface area contributed by atoms with E-state index in [1.54, 1.807) is 0 Å². The van der Waals surface area contributed by atoms with Crippen molar-refractivity contribution < 1.29 is 9.47 Å². The highest BCUT2D eigenvalue weighted by molar-refractivity contribution is 4.98. The molecule has 16 heavy (non-hydrogen) atoms. The van der Waals surface area contributed by atoms with Gasteiger partial charge in [-0.2, -0.15) is 0 Å². The van der Waals surface area contributed by atoms with E-state index in [9.17, 15) is 0 Å². The van der Waals surface area contributed by atoms with Gasteiger partial charge in [-0.25, -0.2) is 0 Å². The van der Waals surface area contributed by atoms with Gasteiger partial charge in [0.2, 0.25) is 0 Å². The van der Waals surface area contributed by atoms with E-state index >= 15 is 0 Å². The van der Waals surface area contributed by atoms with Crippen LogP contribution in [0, 0.1) is 5.41 Å². The molecule has 0 bridgehead atoms. The molecule has 0 amide bonds. The van der Waals surface area contributed by atoms with Crippen LogP contribution in [0.1, 0.15) is 59.3 Å². The maximum absolute atomic E-state index is 5.86. The fourth-order valence-electron chi connectivity index (χ4n) is 3.40. The van der Waals surface area contributed by atoms with Gasteiger partial charge < -0.3 is 9.47 Å². The van der Waals surface area contributed by atoms with Crippen LogP contribution < -0.4 is 0 Å². The summed E-state index contributed by atoms with van der Waals surface area (Å²) in [7, 11) is 0. The first kappa shape index (κ1) is 12.4. The quantitative estimate of drug-likeness (QED) is 0.730. The highest BCUT2D eigenvalue weighted by atomic mass is 16.5. The Bertz CT molecular complexity index is 209. The molecule has 2 fully saturated rings. The second-order valence-electron chi connectivity index (χ2n) is 5.87. The van der Waals surface area contributed by atoms with Crippen molar-refractivity contribution in [3.05, 3.63) is 0 Å². The molecular formula is C14H26O2. The van der Waals surface area contributed by atoms with E-state index in [2.05, 4.69) is 20.8 Å². The SMILES string of the molecule is CCOC1CCC2(CC1)CC(OC(C)C)C2. The maximum Gasteiger partial charge on any atom is 0.0589 e. The first-order valence-electron chi connectivity index (χ1n) is 6.90. The van der Waals surface area contributed by atoms with E-state index in [1.807, 2.05) is 0 Å². The molecule has 0 aromatic carbocycles. The van der Waals surface area contributed by atoms with Crippen LogP contribution in [0.15, 0.2) is 0 Å². The minimum atomic E-state index is 0.391. The zero-order valence-corrected chi connectivity index (χ0v) is 11.0. The summed E-state index contributed by atoms with van der Waals surface area (Å²) in [5.41, 5.74) is 0.632. The molecule has 1 spiro atoms. The molecule has 0 atom stereocenters. The standard InChI is InChI=1S/C14H26O2/c1-4-15-12-5-7-14(8-6-12)9-13(10-14)16-11(2)3/h11-13H,4-10H2,1-3H3. The zero-order chi connectivity index (χ0) is 11.6. The van der Waals surface area contributed by atoms with Crippen molar-refractivity contribution in [3.8, 4) is 0 Å². The molecule has 2 aliphatic rings. The average molecular weight is 226 g/mol. The number of rotatable bonds is 4. The Balaban J connectivity index is 1.70. The maximum atomic E-state index is 5.86. The van der Waals surface area contributed by atoms with Crippen LogP contribution in [-0.4, -0.2) is 24.9 Å². The summed E-state index contributed by atoms with van der Waals surface area (Å²) in [4.78, 5) is 0. The van der Waals surface area contributed by atoms with Crippen LogP contribution in [0.4, 0.5) is 0 Å². The van der Waals surface area contributed by atoms with Crippen molar-refractivity contribution in [3.63, 3.8) is 0 Å². The monoisotopic (exact) mass is 226 g/mol. The Morgan fingerprint density at radius 3 is 2.25 bits per heavy atom. The normalized spacial score (nSPS) is 39.0. The molecule has 2 saturated carbocycles. The third-order valence-corrected chi connectivity index (χ3v) is 4.18. The fourth-order valence-corrected chi connectivity index (χ4v) is 3.40. The first-order chi connectivity index (χ1) is 7.63. The summed E-state index contributed by atoms with van der Waals surface area (Å²) < 4.78 is 11.6. The highest BCUT2D eigenvalue weighted by Gasteiger charge is 2.46. The van der Waals surface area contributed by atoms with Crippen LogP contribution in [0.5, 0.6) is 0 Å². The number of hydrogen-bond donors (Lipinski definition) is 0. The van der Waals surface area contributed by atoms with Gasteiger partial charge in [-0.15, -0.1) is 0 Å². The molecule has 94 valence electrons. The second-order valence-corrected chi connectivity index (χ2v) is 5.87. The molecule has 0 saturated heterocycles.